The van der Waals surface area contributed by atoms with Crippen molar-refractivity contribution in [2.24, 2.45) is 5.41 Å². The number of ether oxygens (including phenoxy) is 1. The summed E-state index contributed by atoms with van der Waals surface area (Å²) in [7, 11) is 1.90. The van der Waals surface area contributed by atoms with Gasteiger partial charge in [-0.25, -0.2) is 0 Å². The maximum Gasteiger partial charge on any atom is 0.0888 e. The monoisotopic (exact) mass is 222 g/mol. The van der Waals surface area contributed by atoms with Crippen molar-refractivity contribution in [1.82, 2.24) is 4.98 Å². The molecule has 0 aliphatic rings. The van der Waals surface area contributed by atoms with E-state index in [4.69, 9.17) is 4.74 Å². The molecule has 0 bridgehead atoms. The molecule has 0 fully saturated rings. The van der Waals surface area contributed by atoms with E-state index in [9.17, 15) is 0 Å². The first-order chi connectivity index (χ1) is 7.51. The summed E-state index contributed by atoms with van der Waals surface area (Å²) >= 11 is 0. The zero-order chi connectivity index (χ0) is 12.0. The molecule has 0 aliphatic heterocycles. The lowest BCUT2D eigenvalue weighted by atomic mass is 9.93. The van der Waals surface area contributed by atoms with Crippen molar-refractivity contribution in [1.29, 1.82) is 0 Å². The fourth-order valence-corrected chi connectivity index (χ4v) is 1.27. The van der Waals surface area contributed by atoms with Crippen LogP contribution in [0.3, 0.4) is 0 Å². The van der Waals surface area contributed by atoms with Crippen molar-refractivity contribution >= 4 is 5.69 Å². The molecule has 0 atom stereocenters. The highest BCUT2D eigenvalue weighted by Crippen LogP contribution is 2.18. The van der Waals surface area contributed by atoms with E-state index >= 15 is 0 Å². The molecule has 1 N–H and O–H groups in total. The highest BCUT2D eigenvalue weighted by Gasteiger charge is 2.09. The average Bonchev–Trinajstić information content (AvgIpc) is 2.23. The Morgan fingerprint density at radius 1 is 1.38 bits per heavy atom. The van der Waals surface area contributed by atoms with Crippen molar-refractivity contribution < 1.29 is 4.74 Å². The number of hydrogen-bond acceptors (Lipinski definition) is 3. The normalized spacial score (nSPS) is 11.5. The van der Waals surface area contributed by atoms with Gasteiger partial charge in [0.25, 0.3) is 0 Å². The van der Waals surface area contributed by atoms with Gasteiger partial charge in [-0.05, 0) is 24.0 Å². The largest absolute Gasteiger partial charge is 0.388 e. The molecule has 0 aromatic carbocycles. The van der Waals surface area contributed by atoms with Gasteiger partial charge in [0.15, 0.2) is 0 Å². The smallest absolute Gasteiger partial charge is 0.0888 e. The van der Waals surface area contributed by atoms with Gasteiger partial charge in [0.2, 0.25) is 0 Å². The number of rotatable bonds is 5. The van der Waals surface area contributed by atoms with Crippen LogP contribution in [0.5, 0.6) is 0 Å². The number of nitrogens with one attached hydrogen (secondary N) is 1. The Morgan fingerprint density at radius 3 is 2.75 bits per heavy atom. The quantitative estimate of drug-likeness (QED) is 0.777. The summed E-state index contributed by atoms with van der Waals surface area (Å²) in [5.74, 6) is 0. The summed E-state index contributed by atoms with van der Waals surface area (Å²) in [5.41, 5.74) is 2.38. The molecule has 1 aromatic heterocycles. The molecule has 0 saturated heterocycles. The SMILES string of the molecule is CNc1ccnc(COCCC(C)(C)C)c1. The van der Waals surface area contributed by atoms with Crippen LogP contribution < -0.4 is 5.32 Å². The summed E-state index contributed by atoms with van der Waals surface area (Å²) in [4.78, 5) is 4.26. The van der Waals surface area contributed by atoms with Gasteiger partial charge < -0.3 is 10.1 Å². The predicted octanol–water partition coefficient (Wildman–Crippen LogP) is 3.08. The summed E-state index contributed by atoms with van der Waals surface area (Å²) in [6.45, 7) is 8.03. The molecule has 1 heterocycles. The van der Waals surface area contributed by atoms with Gasteiger partial charge in [-0.3, -0.25) is 4.98 Å². The van der Waals surface area contributed by atoms with Gasteiger partial charge in [-0.2, -0.15) is 0 Å². The van der Waals surface area contributed by atoms with Crippen LogP contribution in [-0.2, 0) is 11.3 Å². The molecule has 0 radical (unpaired) electrons. The molecule has 0 saturated carbocycles. The molecule has 0 unspecified atom stereocenters. The van der Waals surface area contributed by atoms with Crippen molar-refractivity contribution in [2.45, 2.75) is 33.8 Å². The van der Waals surface area contributed by atoms with E-state index in [0.29, 0.717) is 12.0 Å². The topological polar surface area (TPSA) is 34.2 Å². The molecule has 0 aliphatic carbocycles. The molecule has 3 heteroatoms. The van der Waals surface area contributed by atoms with Crippen LogP contribution in [0.1, 0.15) is 32.9 Å². The standard InChI is InChI=1S/C13H22N2O/c1-13(2,3)6-8-16-10-12-9-11(14-4)5-7-15-12/h5,7,9H,6,8,10H2,1-4H3,(H,14,15). The van der Waals surface area contributed by atoms with Gasteiger partial charge in [-0.1, -0.05) is 20.8 Å². The summed E-state index contributed by atoms with van der Waals surface area (Å²) in [6.07, 6.45) is 2.87. The number of nitrogens with zero attached hydrogens (tertiary/aromatic N) is 1. The minimum atomic E-state index is 0.334. The second-order valence-electron chi connectivity index (χ2n) is 5.15. The van der Waals surface area contributed by atoms with Crippen LogP contribution in [0.25, 0.3) is 0 Å². The second kappa shape index (κ2) is 5.85. The van der Waals surface area contributed by atoms with E-state index in [2.05, 4.69) is 31.1 Å². The van der Waals surface area contributed by atoms with Crippen LogP contribution in [0.4, 0.5) is 5.69 Å². The fraction of sp³-hybridized carbons (Fsp3) is 0.615. The molecule has 1 aromatic rings. The van der Waals surface area contributed by atoms with Crippen molar-refractivity contribution in [3.8, 4) is 0 Å². The first kappa shape index (κ1) is 13.0. The van der Waals surface area contributed by atoms with Crippen molar-refractivity contribution in [2.75, 3.05) is 19.0 Å². The van der Waals surface area contributed by atoms with Gasteiger partial charge in [0.1, 0.15) is 0 Å². The van der Waals surface area contributed by atoms with Crippen LogP contribution in [0, 0.1) is 5.41 Å². The molecule has 90 valence electrons. The maximum atomic E-state index is 5.60. The Morgan fingerprint density at radius 2 is 2.12 bits per heavy atom. The van der Waals surface area contributed by atoms with Gasteiger partial charge in [0.05, 0.1) is 12.3 Å². The second-order valence-corrected chi connectivity index (χ2v) is 5.15. The summed E-state index contributed by atoms with van der Waals surface area (Å²) in [6, 6.07) is 3.95. The lowest BCUT2D eigenvalue weighted by Gasteiger charge is -2.17. The van der Waals surface area contributed by atoms with Crippen LogP contribution >= 0.6 is 0 Å². The Hall–Kier alpha value is -1.09. The first-order valence-electron chi connectivity index (χ1n) is 5.72. The zero-order valence-corrected chi connectivity index (χ0v) is 10.7. The lowest BCUT2D eigenvalue weighted by Crippen LogP contribution is -2.09. The Balaban J connectivity index is 2.32. The minimum absolute atomic E-state index is 0.334. The van der Waals surface area contributed by atoms with Crippen LogP contribution in [0.15, 0.2) is 18.3 Å². The third kappa shape index (κ3) is 5.12. The minimum Gasteiger partial charge on any atom is -0.388 e. The third-order valence-electron chi connectivity index (χ3n) is 2.35. The number of anilines is 1. The average molecular weight is 222 g/mol. The summed E-state index contributed by atoms with van der Waals surface area (Å²) < 4.78 is 5.60. The van der Waals surface area contributed by atoms with Crippen LogP contribution in [-0.4, -0.2) is 18.6 Å². The van der Waals surface area contributed by atoms with Crippen LogP contribution in [0.2, 0.25) is 0 Å². The van der Waals surface area contributed by atoms with Gasteiger partial charge >= 0.3 is 0 Å². The van der Waals surface area contributed by atoms with E-state index in [1.165, 1.54) is 0 Å². The van der Waals surface area contributed by atoms with Gasteiger partial charge in [0, 0.05) is 25.5 Å². The zero-order valence-electron chi connectivity index (χ0n) is 10.7. The Labute approximate surface area is 98.2 Å². The van der Waals surface area contributed by atoms with E-state index in [1.54, 1.807) is 6.20 Å². The van der Waals surface area contributed by atoms with Crippen molar-refractivity contribution in [3.63, 3.8) is 0 Å². The van der Waals surface area contributed by atoms with E-state index in [-0.39, 0.29) is 0 Å². The molecular weight excluding hydrogens is 200 g/mol. The molecule has 1 rings (SSSR count). The molecule has 16 heavy (non-hydrogen) atoms. The lowest BCUT2D eigenvalue weighted by molar-refractivity contribution is 0.0941. The maximum absolute atomic E-state index is 5.60. The van der Waals surface area contributed by atoms with Crippen molar-refractivity contribution in [3.05, 3.63) is 24.0 Å². The van der Waals surface area contributed by atoms with E-state index < -0.39 is 0 Å². The molecule has 0 spiro atoms. The van der Waals surface area contributed by atoms with Gasteiger partial charge in [-0.15, -0.1) is 0 Å². The Bertz CT molecular complexity index is 318. The molecule has 3 nitrogen and oxygen atoms in total. The van der Waals surface area contributed by atoms with E-state index in [0.717, 1.165) is 24.4 Å². The third-order valence-corrected chi connectivity index (χ3v) is 2.35. The fourth-order valence-electron chi connectivity index (χ4n) is 1.27. The Kier molecular flexibility index (Phi) is 4.74. The number of hydrogen-bond donors (Lipinski definition) is 1. The molecule has 0 amide bonds. The highest BCUT2D eigenvalue weighted by atomic mass is 16.5. The predicted molar refractivity (Wildman–Crippen MR) is 67.5 cm³/mol. The highest BCUT2D eigenvalue weighted by molar-refractivity contribution is 5.42. The number of aromatic nitrogens is 1. The van der Waals surface area contributed by atoms with E-state index in [1.807, 2.05) is 19.2 Å². The number of pyridine rings is 1. The molecular formula is C13H22N2O. The first-order valence-corrected chi connectivity index (χ1v) is 5.72. The summed E-state index contributed by atoms with van der Waals surface area (Å²) in [5, 5.41) is 3.09.